The lowest BCUT2D eigenvalue weighted by Crippen LogP contribution is -2.10. The van der Waals surface area contributed by atoms with E-state index in [0.29, 0.717) is 16.9 Å². The fourth-order valence-corrected chi connectivity index (χ4v) is 2.64. The van der Waals surface area contributed by atoms with Crippen LogP contribution in [0.2, 0.25) is 0 Å². The van der Waals surface area contributed by atoms with Gasteiger partial charge in [-0.15, -0.1) is 5.10 Å². The topological polar surface area (TPSA) is 95.7 Å². The highest BCUT2D eigenvalue weighted by molar-refractivity contribution is 5.93. The molecule has 0 saturated heterocycles. The Bertz CT molecular complexity index is 1120. The van der Waals surface area contributed by atoms with Crippen LogP contribution >= 0.6 is 0 Å². The van der Waals surface area contributed by atoms with Crippen LogP contribution in [0, 0.1) is 13.8 Å². The van der Waals surface area contributed by atoms with Crippen LogP contribution < -0.4 is 0 Å². The van der Waals surface area contributed by atoms with Crippen molar-refractivity contribution in [2.24, 2.45) is 0 Å². The Morgan fingerprint density at radius 1 is 1.00 bits per heavy atom. The largest absolute Gasteiger partial charge is 0.454 e. The Labute approximate surface area is 154 Å². The van der Waals surface area contributed by atoms with Crippen LogP contribution in [0.25, 0.3) is 16.7 Å². The summed E-state index contributed by atoms with van der Waals surface area (Å²) in [4.78, 5) is 21.4. The SMILES string of the molecule is Cc1nc2ccc(C(=O)OCc3nnnn3-c3ccccc3)cc2nc1C. The maximum atomic E-state index is 12.4. The van der Waals surface area contributed by atoms with Gasteiger partial charge in [0.1, 0.15) is 0 Å². The Kier molecular flexibility index (Phi) is 4.29. The molecule has 8 heteroatoms. The number of carbonyl (C=O) groups is 1. The predicted octanol–water partition coefficient (Wildman–Crippen LogP) is 2.58. The number of ether oxygens (including phenoxy) is 1. The van der Waals surface area contributed by atoms with E-state index in [1.54, 1.807) is 18.2 Å². The number of benzene rings is 2. The fourth-order valence-electron chi connectivity index (χ4n) is 2.64. The van der Waals surface area contributed by atoms with Crippen molar-refractivity contribution in [3.05, 3.63) is 71.3 Å². The van der Waals surface area contributed by atoms with Crippen LogP contribution in [0.1, 0.15) is 27.6 Å². The number of aryl methyl sites for hydroxylation is 2. The quantitative estimate of drug-likeness (QED) is 0.516. The lowest BCUT2D eigenvalue weighted by molar-refractivity contribution is 0.0459. The number of tetrazole rings is 1. The van der Waals surface area contributed by atoms with Gasteiger partial charge in [0.15, 0.2) is 12.4 Å². The average molecular weight is 360 g/mol. The second-order valence-corrected chi connectivity index (χ2v) is 6.02. The summed E-state index contributed by atoms with van der Waals surface area (Å²) in [5.41, 5.74) is 4.28. The number of rotatable bonds is 4. The first kappa shape index (κ1) is 16.8. The summed E-state index contributed by atoms with van der Waals surface area (Å²) in [5.74, 6) is -0.0406. The Morgan fingerprint density at radius 2 is 1.74 bits per heavy atom. The standard InChI is InChI=1S/C19H16N6O2/c1-12-13(2)21-17-10-14(8-9-16(17)20-12)19(26)27-11-18-22-23-24-25(18)15-6-4-3-5-7-15/h3-10H,11H2,1-2H3. The van der Waals surface area contributed by atoms with Crippen LogP contribution in [0.4, 0.5) is 0 Å². The fraction of sp³-hybridized carbons (Fsp3) is 0.158. The maximum Gasteiger partial charge on any atom is 0.338 e. The number of hydrogen-bond donors (Lipinski definition) is 0. The minimum absolute atomic E-state index is 0.0443. The summed E-state index contributed by atoms with van der Waals surface area (Å²) in [5, 5.41) is 11.5. The number of nitrogens with zero attached hydrogens (tertiary/aromatic N) is 6. The summed E-state index contributed by atoms with van der Waals surface area (Å²) in [7, 11) is 0. The van der Waals surface area contributed by atoms with Gasteiger partial charge in [-0.1, -0.05) is 18.2 Å². The molecule has 0 radical (unpaired) electrons. The molecule has 0 amide bonds. The lowest BCUT2D eigenvalue weighted by atomic mass is 10.2. The molecule has 0 spiro atoms. The van der Waals surface area contributed by atoms with Crippen molar-refractivity contribution in [3.8, 4) is 5.69 Å². The molecule has 0 aliphatic heterocycles. The van der Waals surface area contributed by atoms with Crippen LogP contribution in [0.3, 0.4) is 0 Å². The number of aromatic nitrogens is 6. The van der Waals surface area contributed by atoms with Crippen molar-refractivity contribution in [1.29, 1.82) is 0 Å². The molecule has 4 aromatic rings. The summed E-state index contributed by atoms with van der Waals surface area (Å²) >= 11 is 0. The van der Waals surface area contributed by atoms with Gasteiger partial charge in [0.2, 0.25) is 0 Å². The molecule has 4 rings (SSSR count). The molecule has 8 nitrogen and oxygen atoms in total. The highest BCUT2D eigenvalue weighted by Crippen LogP contribution is 2.16. The molecule has 134 valence electrons. The maximum absolute atomic E-state index is 12.4. The van der Waals surface area contributed by atoms with Crippen LogP contribution in [-0.2, 0) is 11.3 Å². The average Bonchev–Trinajstić information content (AvgIpc) is 3.16. The minimum Gasteiger partial charge on any atom is -0.454 e. The van der Waals surface area contributed by atoms with Gasteiger partial charge in [-0.2, -0.15) is 4.68 Å². The molecule has 0 aliphatic carbocycles. The molecule has 0 bridgehead atoms. The van der Waals surface area contributed by atoms with E-state index < -0.39 is 5.97 Å². The molecule has 27 heavy (non-hydrogen) atoms. The van der Waals surface area contributed by atoms with Crippen molar-refractivity contribution in [1.82, 2.24) is 30.2 Å². The van der Waals surface area contributed by atoms with Crippen molar-refractivity contribution in [2.45, 2.75) is 20.5 Å². The second kappa shape index (κ2) is 6.91. The Morgan fingerprint density at radius 3 is 2.52 bits per heavy atom. The first-order valence-electron chi connectivity index (χ1n) is 8.36. The van der Waals surface area contributed by atoms with Crippen LogP contribution in [-0.4, -0.2) is 36.1 Å². The molecule has 0 saturated carbocycles. The molecule has 0 atom stereocenters. The molecule has 2 aromatic heterocycles. The number of fused-ring (bicyclic) bond motifs is 1. The van der Waals surface area contributed by atoms with E-state index in [1.807, 2.05) is 44.2 Å². The van der Waals surface area contributed by atoms with Gasteiger partial charge >= 0.3 is 5.97 Å². The summed E-state index contributed by atoms with van der Waals surface area (Å²) in [6, 6.07) is 14.5. The third-order valence-corrected chi connectivity index (χ3v) is 4.18. The Hall–Kier alpha value is -3.68. The van der Waals surface area contributed by atoms with Gasteiger partial charge in [0.05, 0.1) is 33.7 Å². The Balaban J connectivity index is 1.53. The first-order chi connectivity index (χ1) is 13.1. The van der Waals surface area contributed by atoms with Crippen molar-refractivity contribution in [2.75, 3.05) is 0 Å². The summed E-state index contributed by atoms with van der Waals surface area (Å²) in [6.07, 6.45) is 0. The van der Waals surface area contributed by atoms with Gasteiger partial charge in [-0.25, -0.2) is 14.8 Å². The van der Waals surface area contributed by atoms with Crippen molar-refractivity contribution < 1.29 is 9.53 Å². The van der Waals surface area contributed by atoms with Crippen LogP contribution in [0.5, 0.6) is 0 Å². The zero-order valence-corrected chi connectivity index (χ0v) is 14.8. The van der Waals surface area contributed by atoms with E-state index in [-0.39, 0.29) is 6.61 Å². The predicted molar refractivity (Wildman–Crippen MR) is 97.3 cm³/mol. The molecule has 2 heterocycles. The highest BCUT2D eigenvalue weighted by atomic mass is 16.5. The van der Waals surface area contributed by atoms with Crippen molar-refractivity contribution >= 4 is 17.0 Å². The minimum atomic E-state index is -0.473. The van der Waals surface area contributed by atoms with E-state index in [1.165, 1.54) is 4.68 Å². The first-order valence-corrected chi connectivity index (χ1v) is 8.36. The molecule has 0 unspecified atom stereocenters. The molecule has 0 aliphatic rings. The zero-order chi connectivity index (χ0) is 18.8. The molecular formula is C19H16N6O2. The summed E-state index contributed by atoms with van der Waals surface area (Å²) < 4.78 is 6.92. The molecule has 2 aromatic carbocycles. The molecule has 0 N–H and O–H groups in total. The van der Waals surface area contributed by atoms with Gasteiger partial charge in [0.25, 0.3) is 0 Å². The lowest BCUT2D eigenvalue weighted by Gasteiger charge is -2.07. The smallest absolute Gasteiger partial charge is 0.338 e. The van der Waals surface area contributed by atoms with Gasteiger partial charge in [-0.3, -0.25) is 0 Å². The van der Waals surface area contributed by atoms with E-state index in [0.717, 1.165) is 22.6 Å². The molecule has 0 fully saturated rings. The third kappa shape index (κ3) is 3.37. The number of hydrogen-bond acceptors (Lipinski definition) is 7. The van der Waals surface area contributed by atoms with Gasteiger partial charge in [0, 0.05) is 0 Å². The van der Waals surface area contributed by atoms with E-state index in [4.69, 9.17) is 4.74 Å². The van der Waals surface area contributed by atoms with E-state index >= 15 is 0 Å². The van der Waals surface area contributed by atoms with E-state index in [9.17, 15) is 4.79 Å². The zero-order valence-electron chi connectivity index (χ0n) is 14.8. The highest BCUT2D eigenvalue weighted by Gasteiger charge is 2.14. The number of esters is 1. The van der Waals surface area contributed by atoms with Gasteiger partial charge in [-0.05, 0) is 54.6 Å². The second-order valence-electron chi connectivity index (χ2n) is 6.02. The number of para-hydroxylation sites is 1. The summed E-state index contributed by atoms with van der Waals surface area (Å²) in [6.45, 7) is 3.74. The van der Waals surface area contributed by atoms with Gasteiger partial charge < -0.3 is 4.74 Å². The third-order valence-electron chi connectivity index (χ3n) is 4.18. The monoisotopic (exact) mass is 360 g/mol. The van der Waals surface area contributed by atoms with Crippen molar-refractivity contribution in [3.63, 3.8) is 0 Å². The normalized spacial score (nSPS) is 10.9. The number of carbonyl (C=O) groups excluding carboxylic acids is 1. The van der Waals surface area contributed by atoms with E-state index in [2.05, 4.69) is 25.5 Å². The molecular weight excluding hydrogens is 344 g/mol. The van der Waals surface area contributed by atoms with Crippen LogP contribution in [0.15, 0.2) is 48.5 Å².